The summed E-state index contributed by atoms with van der Waals surface area (Å²) in [7, 11) is 1.81. The molecule has 0 saturated carbocycles. The van der Waals surface area contributed by atoms with Gasteiger partial charge in [-0.3, -0.25) is 0 Å². The molecule has 0 aliphatic heterocycles. The fourth-order valence-electron chi connectivity index (χ4n) is 2.49. The second-order valence-corrected chi connectivity index (χ2v) is 9.18. The average molecular weight is 450 g/mol. The number of halogens is 1. The van der Waals surface area contributed by atoms with E-state index in [9.17, 15) is 0 Å². The van der Waals surface area contributed by atoms with Crippen LogP contribution in [0.3, 0.4) is 0 Å². The number of hydrogen-bond acceptors (Lipinski definition) is 3. The molecule has 0 nitrogen and oxygen atoms in total. The fraction of sp³-hybridized carbons (Fsp3) is 0. The average Bonchev–Trinajstić information content (AvgIpc) is 2.90. The van der Waals surface area contributed by atoms with Gasteiger partial charge in [0.1, 0.15) is 0 Å². The van der Waals surface area contributed by atoms with Crippen LogP contribution in [0.2, 0.25) is 0 Å². The summed E-state index contributed by atoms with van der Waals surface area (Å²) in [5.41, 5.74) is 0. The number of hydrogen-bond donors (Lipinski definition) is 0. The first kappa shape index (κ1) is 14.9. The molecule has 0 N–H and O–H groups in total. The lowest BCUT2D eigenvalue weighted by atomic mass is 10.1. The minimum atomic E-state index is 1.29. The van der Waals surface area contributed by atoms with Gasteiger partial charge in [0.2, 0.25) is 0 Å². The van der Waals surface area contributed by atoms with Crippen molar-refractivity contribution in [1.82, 2.24) is 0 Å². The van der Waals surface area contributed by atoms with E-state index in [1.807, 2.05) is 32.0 Å². The van der Waals surface area contributed by atoms with Gasteiger partial charge in [-0.25, -0.2) is 0 Å². The van der Waals surface area contributed by atoms with E-state index in [4.69, 9.17) is 0 Å². The third-order valence-electron chi connectivity index (χ3n) is 3.51. The van der Waals surface area contributed by atoms with Crippen LogP contribution in [0.15, 0.2) is 80.7 Å². The topological polar surface area (TPSA) is 0 Å². The van der Waals surface area contributed by atoms with E-state index in [0.29, 0.717) is 0 Å². The molecule has 1 heterocycles. The van der Waals surface area contributed by atoms with Gasteiger partial charge in [-0.05, 0) is 44.0 Å². The predicted molar refractivity (Wildman–Crippen MR) is 110 cm³/mol. The fourth-order valence-corrected chi connectivity index (χ4v) is 7.30. The molecule has 0 atom stereocenters. The number of benzene rings is 3. The van der Waals surface area contributed by atoms with Crippen molar-refractivity contribution in [2.24, 2.45) is 0 Å². The van der Waals surface area contributed by atoms with Gasteiger partial charge in [0.25, 0.3) is 0 Å². The summed E-state index contributed by atoms with van der Waals surface area (Å²) in [6.45, 7) is 0. The van der Waals surface area contributed by atoms with Crippen LogP contribution in [-0.4, -0.2) is 0 Å². The number of fused-ring (bicyclic) bond motifs is 2. The quantitative estimate of drug-likeness (QED) is 0.294. The maximum Gasteiger partial charge on any atom is 0.0854 e. The van der Waals surface area contributed by atoms with E-state index in [0.717, 1.165) is 0 Å². The summed E-state index contributed by atoms with van der Waals surface area (Å²) >= 11 is 6.15. The Labute approximate surface area is 153 Å². The van der Waals surface area contributed by atoms with E-state index in [2.05, 4.69) is 87.9 Å². The van der Waals surface area contributed by atoms with E-state index in [1.54, 1.807) is 0 Å². The van der Waals surface area contributed by atoms with E-state index in [-0.39, 0.29) is 0 Å². The predicted octanol–water partition coefficient (Wildman–Crippen LogP) is 7.65. The van der Waals surface area contributed by atoms with Crippen LogP contribution in [0.4, 0.5) is 0 Å². The van der Waals surface area contributed by atoms with Gasteiger partial charge in [-0.1, -0.05) is 54.2 Å². The third-order valence-corrected chi connectivity index (χ3v) is 8.92. The molecule has 0 aliphatic rings. The minimum Gasteiger partial charge on any atom is -0.127 e. The van der Waals surface area contributed by atoms with Crippen LogP contribution >= 0.6 is 53.2 Å². The minimum absolute atomic E-state index is 1.29. The lowest BCUT2D eigenvalue weighted by molar-refractivity contribution is 1.40. The Balaban J connectivity index is 1.93. The molecular weight excluding hydrogens is 439 g/mol. The van der Waals surface area contributed by atoms with Gasteiger partial charge in [0, 0.05) is 41.1 Å². The molecule has 0 fully saturated rings. The first-order chi connectivity index (χ1) is 10.8. The van der Waals surface area contributed by atoms with Crippen molar-refractivity contribution in [3.63, 3.8) is 0 Å². The molecule has 4 rings (SSSR count). The SMILES string of the molecule is ISc1sc2cc3ccccc3cc2c1Sc1ccccc1. The molecule has 0 bridgehead atoms. The maximum atomic E-state index is 2.39. The molecule has 4 heteroatoms. The highest BCUT2D eigenvalue weighted by Gasteiger charge is 2.14. The zero-order valence-corrected chi connectivity index (χ0v) is 16.1. The largest absolute Gasteiger partial charge is 0.127 e. The van der Waals surface area contributed by atoms with Crippen molar-refractivity contribution in [2.45, 2.75) is 14.0 Å². The van der Waals surface area contributed by atoms with Crippen LogP contribution in [0, 0.1) is 0 Å². The highest BCUT2D eigenvalue weighted by atomic mass is 127. The van der Waals surface area contributed by atoms with Crippen LogP contribution in [-0.2, 0) is 0 Å². The van der Waals surface area contributed by atoms with Crippen molar-refractivity contribution in [1.29, 1.82) is 0 Å². The van der Waals surface area contributed by atoms with Gasteiger partial charge < -0.3 is 0 Å². The molecule has 1 aromatic heterocycles. The summed E-state index contributed by atoms with van der Waals surface area (Å²) in [4.78, 5) is 2.68. The Morgan fingerprint density at radius 3 is 2.23 bits per heavy atom. The Morgan fingerprint density at radius 1 is 0.818 bits per heavy atom. The Hall–Kier alpha value is -0.690. The Morgan fingerprint density at radius 2 is 1.50 bits per heavy atom. The lowest BCUT2D eigenvalue weighted by Crippen LogP contribution is -1.75. The van der Waals surface area contributed by atoms with Crippen LogP contribution in [0.1, 0.15) is 0 Å². The molecule has 0 unspecified atom stereocenters. The summed E-state index contributed by atoms with van der Waals surface area (Å²) in [6, 6.07) is 23.9. The van der Waals surface area contributed by atoms with Crippen molar-refractivity contribution < 1.29 is 0 Å². The van der Waals surface area contributed by atoms with E-state index in [1.165, 1.54) is 34.9 Å². The van der Waals surface area contributed by atoms with Crippen molar-refractivity contribution in [2.75, 3.05) is 0 Å². The molecule has 0 amide bonds. The Kier molecular flexibility index (Phi) is 4.35. The lowest BCUT2D eigenvalue weighted by Gasteiger charge is -2.03. The monoisotopic (exact) mass is 450 g/mol. The molecule has 0 radical (unpaired) electrons. The molecule has 0 aliphatic carbocycles. The molecular formula is C18H11IS3. The van der Waals surface area contributed by atoms with Crippen LogP contribution < -0.4 is 0 Å². The van der Waals surface area contributed by atoms with Gasteiger partial charge >= 0.3 is 0 Å². The summed E-state index contributed by atoms with van der Waals surface area (Å²) < 4.78 is 2.76. The first-order valence-corrected chi connectivity index (χ1v) is 11.8. The standard InChI is InChI=1S/C18H11IS3/c19-22-18-17(20-14-8-2-1-3-9-14)15-10-12-6-4-5-7-13(12)11-16(15)21-18/h1-11H. The van der Waals surface area contributed by atoms with Crippen molar-refractivity contribution in [3.05, 3.63) is 66.7 Å². The normalized spacial score (nSPS) is 11.3. The van der Waals surface area contributed by atoms with Gasteiger partial charge in [-0.2, -0.15) is 0 Å². The number of rotatable bonds is 3. The smallest absolute Gasteiger partial charge is 0.0854 e. The number of thiophene rings is 1. The van der Waals surface area contributed by atoms with E-state index >= 15 is 0 Å². The first-order valence-electron chi connectivity index (χ1n) is 6.82. The maximum absolute atomic E-state index is 2.39. The summed E-state index contributed by atoms with van der Waals surface area (Å²) in [5.74, 6) is 0. The van der Waals surface area contributed by atoms with Gasteiger partial charge in [0.05, 0.1) is 4.21 Å². The van der Waals surface area contributed by atoms with Crippen LogP contribution in [0.5, 0.6) is 0 Å². The third kappa shape index (κ3) is 2.77. The van der Waals surface area contributed by atoms with Gasteiger partial charge in [0.15, 0.2) is 0 Å². The molecule has 0 spiro atoms. The second kappa shape index (κ2) is 6.43. The summed E-state index contributed by atoms with van der Waals surface area (Å²) in [6.07, 6.45) is 0. The highest BCUT2D eigenvalue weighted by molar-refractivity contribution is 14.2. The van der Waals surface area contributed by atoms with Crippen LogP contribution in [0.25, 0.3) is 20.9 Å². The van der Waals surface area contributed by atoms with Crippen molar-refractivity contribution in [3.8, 4) is 0 Å². The molecule has 0 saturated heterocycles. The Bertz CT molecular complexity index is 945. The second-order valence-electron chi connectivity index (χ2n) is 4.91. The highest BCUT2D eigenvalue weighted by Crippen LogP contribution is 2.48. The summed E-state index contributed by atoms with van der Waals surface area (Å²) in [5, 5.41) is 4.00. The molecule has 3 aromatic carbocycles. The van der Waals surface area contributed by atoms with Crippen molar-refractivity contribution >= 4 is 74.1 Å². The molecule has 22 heavy (non-hydrogen) atoms. The van der Waals surface area contributed by atoms with E-state index < -0.39 is 0 Å². The van der Waals surface area contributed by atoms with Gasteiger partial charge in [-0.15, -0.1) is 11.3 Å². The zero-order valence-electron chi connectivity index (χ0n) is 11.5. The molecule has 108 valence electrons. The molecule has 4 aromatic rings. The zero-order chi connectivity index (χ0) is 14.9.